The topological polar surface area (TPSA) is 58.3 Å². The summed E-state index contributed by atoms with van der Waals surface area (Å²) < 4.78 is 0. The lowest BCUT2D eigenvalue weighted by molar-refractivity contribution is 0.267. The average Bonchev–Trinajstić information content (AvgIpc) is 2.52. The smallest absolute Gasteiger partial charge is 0.0624 e. The molecule has 0 heterocycles. The van der Waals surface area contributed by atoms with Crippen LogP contribution in [0.5, 0.6) is 0 Å². The van der Waals surface area contributed by atoms with E-state index in [-0.39, 0.29) is 12.6 Å². The van der Waals surface area contributed by atoms with Crippen LogP contribution in [-0.2, 0) is 6.54 Å². The fourth-order valence-corrected chi connectivity index (χ4v) is 3.16. The Morgan fingerprint density at radius 1 is 1.20 bits per heavy atom. The van der Waals surface area contributed by atoms with E-state index < -0.39 is 0 Å². The molecular weight excluding hydrogens is 248 g/mol. The number of benzene rings is 1. The molecule has 112 valence electrons. The fourth-order valence-electron chi connectivity index (χ4n) is 3.16. The van der Waals surface area contributed by atoms with Crippen molar-refractivity contribution in [3.8, 4) is 0 Å². The summed E-state index contributed by atoms with van der Waals surface area (Å²) in [7, 11) is 0. The fraction of sp³-hybridized carbons (Fsp3) is 0.647. The first-order chi connectivity index (χ1) is 9.81. The highest BCUT2D eigenvalue weighted by Gasteiger charge is 2.13. The number of nitrogens with one attached hydrogen (secondary N) is 1. The highest BCUT2D eigenvalue weighted by Crippen LogP contribution is 2.25. The summed E-state index contributed by atoms with van der Waals surface area (Å²) in [5.74, 6) is 0.922. The maximum Gasteiger partial charge on any atom is 0.0624 e. The third kappa shape index (κ3) is 4.58. The van der Waals surface area contributed by atoms with Gasteiger partial charge >= 0.3 is 0 Å². The summed E-state index contributed by atoms with van der Waals surface area (Å²) in [6, 6.07) is 7.85. The lowest BCUT2D eigenvalue weighted by Gasteiger charge is -2.21. The highest BCUT2D eigenvalue weighted by molar-refractivity contribution is 5.29. The van der Waals surface area contributed by atoms with Gasteiger partial charge in [0, 0.05) is 6.54 Å². The van der Waals surface area contributed by atoms with E-state index in [1.165, 1.54) is 44.1 Å². The molecule has 1 unspecified atom stereocenters. The van der Waals surface area contributed by atoms with Gasteiger partial charge in [0.1, 0.15) is 0 Å². The molecule has 3 heteroatoms. The van der Waals surface area contributed by atoms with Gasteiger partial charge in [-0.1, -0.05) is 56.4 Å². The molecule has 1 saturated carbocycles. The van der Waals surface area contributed by atoms with Crippen LogP contribution in [0.15, 0.2) is 24.3 Å². The first-order valence-electron chi connectivity index (χ1n) is 7.96. The van der Waals surface area contributed by atoms with Crippen LogP contribution < -0.4 is 11.1 Å². The summed E-state index contributed by atoms with van der Waals surface area (Å²) in [5.41, 5.74) is 8.20. The lowest BCUT2D eigenvalue weighted by atomic mass is 9.87. The molecule has 1 aliphatic rings. The molecule has 0 amide bonds. The van der Waals surface area contributed by atoms with Crippen molar-refractivity contribution in [1.82, 2.24) is 5.32 Å². The molecule has 1 fully saturated rings. The lowest BCUT2D eigenvalue weighted by Crippen LogP contribution is -2.22. The Balaban J connectivity index is 1.76. The molecule has 0 aliphatic heterocycles. The Morgan fingerprint density at radius 2 is 1.95 bits per heavy atom. The molecule has 1 atom stereocenters. The summed E-state index contributed by atoms with van der Waals surface area (Å²) in [6.07, 6.45) is 8.36. The summed E-state index contributed by atoms with van der Waals surface area (Å²) in [6.45, 7) is 1.92. The zero-order chi connectivity index (χ0) is 14.2. The second kappa shape index (κ2) is 8.40. The van der Waals surface area contributed by atoms with Crippen molar-refractivity contribution < 1.29 is 5.11 Å². The SMILES string of the molecule is NC(CO)c1ccccc1CNCCC1CCCCC1. The van der Waals surface area contributed by atoms with E-state index in [0.717, 1.165) is 24.6 Å². The van der Waals surface area contributed by atoms with Crippen molar-refractivity contribution in [2.75, 3.05) is 13.2 Å². The average molecular weight is 276 g/mol. The minimum absolute atomic E-state index is 0.000905. The molecule has 1 aromatic carbocycles. The number of nitrogens with two attached hydrogens (primary N) is 1. The zero-order valence-corrected chi connectivity index (χ0v) is 12.4. The Bertz CT molecular complexity index is 388. The first kappa shape index (κ1) is 15.5. The molecule has 0 spiro atoms. The van der Waals surface area contributed by atoms with Gasteiger partial charge in [-0.05, 0) is 30.0 Å². The van der Waals surface area contributed by atoms with Crippen molar-refractivity contribution in [2.45, 2.75) is 51.1 Å². The minimum Gasteiger partial charge on any atom is -0.394 e. The van der Waals surface area contributed by atoms with E-state index in [4.69, 9.17) is 5.73 Å². The third-order valence-electron chi connectivity index (χ3n) is 4.42. The summed E-state index contributed by atoms with van der Waals surface area (Å²) in [5, 5.41) is 12.7. The van der Waals surface area contributed by atoms with Crippen LogP contribution in [0.2, 0.25) is 0 Å². The van der Waals surface area contributed by atoms with Gasteiger partial charge < -0.3 is 16.2 Å². The van der Waals surface area contributed by atoms with Gasteiger partial charge in [0.05, 0.1) is 12.6 Å². The molecule has 0 radical (unpaired) electrons. The molecule has 1 aliphatic carbocycles. The molecule has 0 bridgehead atoms. The Hall–Kier alpha value is -0.900. The second-order valence-corrected chi connectivity index (χ2v) is 5.96. The van der Waals surface area contributed by atoms with Crippen molar-refractivity contribution in [3.05, 3.63) is 35.4 Å². The maximum atomic E-state index is 9.21. The molecule has 3 nitrogen and oxygen atoms in total. The third-order valence-corrected chi connectivity index (χ3v) is 4.42. The van der Waals surface area contributed by atoms with Crippen LogP contribution in [0, 0.1) is 5.92 Å². The predicted octanol–water partition coefficient (Wildman–Crippen LogP) is 2.74. The van der Waals surface area contributed by atoms with Gasteiger partial charge in [-0.3, -0.25) is 0 Å². The van der Waals surface area contributed by atoms with Crippen LogP contribution in [0.1, 0.15) is 55.7 Å². The Labute approximate surface area is 122 Å². The predicted molar refractivity (Wildman–Crippen MR) is 83.4 cm³/mol. The summed E-state index contributed by atoms with van der Waals surface area (Å²) in [4.78, 5) is 0. The van der Waals surface area contributed by atoms with Crippen LogP contribution in [0.3, 0.4) is 0 Å². The van der Waals surface area contributed by atoms with Crippen molar-refractivity contribution >= 4 is 0 Å². The van der Waals surface area contributed by atoms with Crippen molar-refractivity contribution in [2.24, 2.45) is 11.7 Å². The van der Waals surface area contributed by atoms with E-state index in [9.17, 15) is 5.11 Å². The quantitative estimate of drug-likeness (QED) is 0.671. The van der Waals surface area contributed by atoms with Crippen LogP contribution >= 0.6 is 0 Å². The van der Waals surface area contributed by atoms with Crippen molar-refractivity contribution in [1.29, 1.82) is 0 Å². The Morgan fingerprint density at radius 3 is 2.70 bits per heavy atom. The van der Waals surface area contributed by atoms with Gasteiger partial charge in [0.15, 0.2) is 0 Å². The van der Waals surface area contributed by atoms with Crippen LogP contribution in [0.25, 0.3) is 0 Å². The van der Waals surface area contributed by atoms with Gasteiger partial charge in [0.25, 0.3) is 0 Å². The van der Waals surface area contributed by atoms with E-state index in [2.05, 4.69) is 11.4 Å². The van der Waals surface area contributed by atoms with E-state index >= 15 is 0 Å². The Kier molecular flexibility index (Phi) is 6.51. The molecule has 20 heavy (non-hydrogen) atoms. The highest BCUT2D eigenvalue weighted by atomic mass is 16.3. The molecule has 0 saturated heterocycles. The van der Waals surface area contributed by atoms with Crippen LogP contribution in [0.4, 0.5) is 0 Å². The first-order valence-corrected chi connectivity index (χ1v) is 7.96. The van der Waals surface area contributed by atoms with E-state index in [1.54, 1.807) is 0 Å². The second-order valence-electron chi connectivity index (χ2n) is 5.96. The minimum atomic E-state index is -0.272. The van der Waals surface area contributed by atoms with E-state index in [1.807, 2.05) is 18.2 Å². The monoisotopic (exact) mass is 276 g/mol. The number of hydrogen-bond acceptors (Lipinski definition) is 3. The molecule has 2 rings (SSSR count). The van der Waals surface area contributed by atoms with Gasteiger partial charge in [0.2, 0.25) is 0 Å². The van der Waals surface area contributed by atoms with Crippen LogP contribution in [-0.4, -0.2) is 18.3 Å². The zero-order valence-electron chi connectivity index (χ0n) is 12.4. The molecule has 1 aromatic rings. The number of hydrogen-bond donors (Lipinski definition) is 3. The van der Waals surface area contributed by atoms with E-state index in [0.29, 0.717) is 0 Å². The number of aliphatic hydroxyl groups is 1. The molecule has 4 N–H and O–H groups in total. The maximum absolute atomic E-state index is 9.21. The van der Waals surface area contributed by atoms with Gasteiger partial charge in [-0.2, -0.15) is 0 Å². The molecular formula is C17H28N2O. The normalized spacial score (nSPS) is 18.1. The van der Waals surface area contributed by atoms with Gasteiger partial charge in [-0.15, -0.1) is 0 Å². The summed E-state index contributed by atoms with van der Waals surface area (Å²) >= 11 is 0. The van der Waals surface area contributed by atoms with Gasteiger partial charge in [-0.25, -0.2) is 0 Å². The largest absolute Gasteiger partial charge is 0.394 e. The molecule has 0 aromatic heterocycles. The van der Waals surface area contributed by atoms with Crippen molar-refractivity contribution in [3.63, 3.8) is 0 Å². The number of rotatable bonds is 7. The number of aliphatic hydroxyl groups excluding tert-OH is 1. The standard InChI is InChI=1S/C17H28N2O/c18-17(13-20)16-9-5-4-8-15(16)12-19-11-10-14-6-2-1-3-7-14/h4-5,8-9,14,17,19-20H,1-3,6-7,10-13,18H2.